The highest BCUT2D eigenvalue weighted by Crippen LogP contribution is 2.45. The van der Waals surface area contributed by atoms with Crippen LogP contribution in [0.5, 0.6) is 0 Å². The first-order valence-electron chi connectivity index (χ1n) is 5.95. The average Bonchev–Trinajstić information content (AvgIpc) is 2.63. The third kappa shape index (κ3) is 2.25. The van der Waals surface area contributed by atoms with E-state index in [9.17, 15) is 4.39 Å². The maximum atomic E-state index is 13.3. The highest BCUT2D eigenvalue weighted by molar-refractivity contribution is 8.00. The molecule has 2 unspecified atom stereocenters. The van der Waals surface area contributed by atoms with Gasteiger partial charge in [-0.25, -0.2) is 4.39 Å². The standard InChI is InChI=1S/C13H18FNS/c1-3-7-15-13-10-8-9(14)5-6-12(10)16-11(13)4-2/h5-6,8,11,13,15H,3-4,7H2,1-2H3. The first-order chi connectivity index (χ1) is 7.76. The van der Waals surface area contributed by atoms with E-state index in [0.717, 1.165) is 24.9 Å². The molecule has 0 saturated carbocycles. The quantitative estimate of drug-likeness (QED) is 0.858. The first kappa shape index (κ1) is 11.9. The van der Waals surface area contributed by atoms with E-state index >= 15 is 0 Å². The lowest BCUT2D eigenvalue weighted by Crippen LogP contribution is -2.27. The summed E-state index contributed by atoms with van der Waals surface area (Å²) in [6.07, 6.45) is 2.23. The molecule has 0 spiro atoms. The van der Waals surface area contributed by atoms with Crippen LogP contribution in [-0.4, -0.2) is 11.8 Å². The molecule has 1 N–H and O–H groups in total. The predicted octanol–water partition coefficient (Wildman–Crippen LogP) is 3.75. The lowest BCUT2D eigenvalue weighted by molar-refractivity contribution is 0.506. The zero-order valence-electron chi connectivity index (χ0n) is 9.79. The van der Waals surface area contributed by atoms with Crippen molar-refractivity contribution in [3.05, 3.63) is 29.6 Å². The fraction of sp³-hybridized carbons (Fsp3) is 0.538. The third-order valence-corrected chi connectivity index (χ3v) is 4.51. The minimum atomic E-state index is -0.126. The van der Waals surface area contributed by atoms with Crippen molar-refractivity contribution in [1.29, 1.82) is 0 Å². The van der Waals surface area contributed by atoms with Crippen molar-refractivity contribution in [2.75, 3.05) is 6.54 Å². The molecule has 0 fully saturated rings. The Morgan fingerprint density at radius 1 is 1.38 bits per heavy atom. The SMILES string of the molecule is CCCNC1c2cc(F)ccc2SC1CC. The second kappa shape index (κ2) is 5.19. The maximum Gasteiger partial charge on any atom is 0.123 e. The van der Waals surface area contributed by atoms with E-state index < -0.39 is 0 Å². The summed E-state index contributed by atoms with van der Waals surface area (Å²) in [4.78, 5) is 1.24. The van der Waals surface area contributed by atoms with Crippen molar-refractivity contribution >= 4 is 11.8 Å². The van der Waals surface area contributed by atoms with E-state index in [2.05, 4.69) is 19.2 Å². The number of nitrogens with one attached hydrogen (secondary N) is 1. The summed E-state index contributed by atoms with van der Waals surface area (Å²) in [5.74, 6) is -0.126. The van der Waals surface area contributed by atoms with E-state index in [0.29, 0.717) is 11.3 Å². The summed E-state index contributed by atoms with van der Waals surface area (Å²) in [6.45, 7) is 5.35. The Labute approximate surface area is 101 Å². The van der Waals surface area contributed by atoms with Crippen LogP contribution in [0.2, 0.25) is 0 Å². The lowest BCUT2D eigenvalue weighted by atomic mass is 10.0. The smallest absolute Gasteiger partial charge is 0.123 e. The molecule has 16 heavy (non-hydrogen) atoms. The summed E-state index contributed by atoms with van der Waals surface area (Å²) in [6, 6.07) is 5.47. The Balaban J connectivity index is 2.24. The number of benzene rings is 1. The van der Waals surface area contributed by atoms with Crippen molar-refractivity contribution in [3.63, 3.8) is 0 Å². The monoisotopic (exact) mass is 239 g/mol. The molecule has 3 heteroatoms. The van der Waals surface area contributed by atoms with Crippen LogP contribution < -0.4 is 5.32 Å². The summed E-state index contributed by atoms with van der Waals surface area (Å²) < 4.78 is 13.3. The van der Waals surface area contributed by atoms with E-state index in [-0.39, 0.29) is 5.82 Å². The fourth-order valence-corrected chi connectivity index (χ4v) is 3.50. The van der Waals surface area contributed by atoms with Gasteiger partial charge in [0.25, 0.3) is 0 Å². The minimum Gasteiger partial charge on any atom is -0.309 e. The molecule has 0 saturated heterocycles. The second-order valence-corrected chi connectivity index (χ2v) is 5.46. The maximum absolute atomic E-state index is 13.3. The summed E-state index contributed by atoms with van der Waals surface area (Å²) in [5, 5.41) is 4.07. The van der Waals surface area contributed by atoms with Gasteiger partial charge in [-0.15, -0.1) is 11.8 Å². The molecule has 0 radical (unpaired) electrons. The van der Waals surface area contributed by atoms with Gasteiger partial charge in [-0.3, -0.25) is 0 Å². The molecular weight excluding hydrogens is 221 g/mol. The fourth-order valence-electron chi connectivity index (χ4n) is 2.16. The number of halogens is 1. The van der Waals surface area contributed by atoms with Crippen molar-refractivity contribution in [3.8, 4) is 0 Å². The van der Waals surface area contributed by atoms with Crippen molar-refractivity contribution in [2.45, 2.75) is 42.9 Å². The minimum absolute atomic E-state index is 0.126. The second-order valence-electron chi connectivity index (χ2n) is 4.18. The van der Waals surface area contributed by atoms with E-state index in [4.69, 9.17) is 0 Å². The molecule has 1 aliphatic rings. The molecule has 2 atom stereocenters. The molecule has 0 aliphatic carbocycles. The normalized spacial score (nSPS) is 23.4. The van der Waals surface area contributed by atoms with Crippen LogP contribution in [0.25, 0.3) is 0 Å². The van der Waals surface area contributed by atoms with Crippen molar-refractivity contribution in [1.82, 2.24) is 5.32 Å². The van der Waals surface area contributed by atoms with Crippen LogP contribution in [0.1, 0.15) is 38.3 Å². The van der Waals surface area contributed by atoms with Crippen molar-refractivity contribution < 1.29 is 4.39 Å². The zero-order chi connectivity index (χ0) is 11.5. The van der Waals surface area contributed by atoms with Gasteiger partial charge in [0.1, 0.15) is 5.82 Å². The van der Waals surface area contributed by atoms with Gasteiger partial charge in [-0.05, 0) is 43.1 Å². The first-order valence-corrected chi connectivity index (χ1v) is 6.83. The lowest BCUT2D eigenvalue weighted by Gasteiger charge is -2.19. The molecular formula is C13H18FNS. The van der Waals surface area contributed by atoms with E-state index in [1.807, 2.05) is 17.8 Å². The van der Waals surface area contributed by atoms with E-state index in [1.165, 1.54) is 4.90 Å². The van der Waals surface area contributed by atoms with Gasteiger partial charge < -0.3 is 5.32 Å². The molecule has 0 bridgehead atoms. The molecule has 0 aromatic heterocycles. The van der Waals surface area contributed by atoms with Gasteiger partial charge in [0.15, 0.2) is 0 Å². The predicted molar refractivity (Wildman–Crippen MR) is 67.4 cm³/mol. The van der Waals surface area contributed by atoms with Crippen molar-refractivity contribution in [2.24, 2.45) is 0 Å². The molecule has 1 aromatic carbocycles. The number of hydrogen-bond acceptors (Lipinski definition) is 2. The third-order valence-electron chi connectivity index (χ3n) is 2.97. The summed E-state index contributed by atoms with van der Waals surface area (Å²) in [5.41, 5.74) is 1.14. The van der Waals surface area contributed by atoms with Gasteiger partial charge in [0, 0.05) is 16.2 Å². The topological polar surface area (TPSA) is 12.0 Å². The van der Waals surface area contributed by atoms with Gasteiger partial charge in [-0.2, -0.15) is 0 Å². The summed E-state index contributed by atoms with van der Waals surface area (Å²) >= 11 is 1.87. The Morgan fingerprint density at radius 2 is 2.19 bits per heavy atom. The molecule has 1 nitrogen and oxygen atoms in total. The Morgan fingerprint density at radius 3 is 2.88 bits per heavy atom. The molecule has 1 heterocycles. The molecule has 1 aromatic rings. The summed E-state index contributed by atoms with van der Waals surface area (Å²) in [7, 11) is 0. The number of fused-ring (bicyclic) bond motifs is 1. The molecule has 2 rings (SSSR count). The van der Waals surface area contributed by atoms with Gasteiger partial charge in [-0.1, -0.05) is 13.8 Å². The zero-order valence-corrected chi connectivity index (χ0v) is 10.6. The number of rotatable bonds is 4. The average molecular weight is 239 g/mol. The van der Waals surface area contributed by atoms with Crippen LogP contribution >= 0.6 is 11.8 Å². The number of thioether (sulfide) groups is 1. The molecule has 0 amide bonds. The van der Waals surface area contributed by atoms with Gasteiger partial charge >= 0.3 is 0 Å². The van der Waals surface area contributed by atoms with E-state index in [1.54, 1.807) is 12.1 Å². The Hall–Kier alpha value is -0.540. The van der Waals surface area contributed by atoms with Crippen LogP contribution in [0.4, 0.5) is 4.39 Å². The highest BCUT2D eigenvalue weighted by atomic mass is 32.2. The molecule has 88 valence electrons. The molecule has 1 aliphatic heterocycles. The van der Waals surface area contributed by atoms with Crippen LogP contribution in [0.3, 0.4) is 0 Å². The van der Waals surface area contributed by atoms with Gasteiger partial charge in [0.05, 0.1) is 0 Å². The Bertz CT molecular complexity index is 367. The van der Waals surface area contributed by atoms with Gasteiger partial charge in [0.2, 0.25) is 0 Å². The van der Waals surface area contributed by atoms with Crippen LogP contribution in [0.15, 0.2) is 23.1 Å². The number of hydrogen-bond donors (Lipinski definition) is 1. The highest BCUT2D eigenvalue weighted by Gasteiger charge is 2.31. The van der Waals surface area contributed by atoms with Crippen LogP contribution in [0, 0.1) is 5.82 Å². The largest absolute Gasteiger partial charge is 0.309 e. The Kier molecular flexibility index (Phi) is 3.87. The van der Waals surface area contributed by atoms with Crippen LogP contribution in [-0.2, 0) is 0 Å².